The topological polar surface area (TPSA) is 53.6 Å². The fourth-order valence-corrected chi connectivity index (χ4v) is 4.46. The number of imidazole rings is 1. The van der Waals surface area contributed by atoms with Crippen molar-refractivity contribution in [3.05, 3.63) is 24.0 Å². The molecule has 3 fully saturated rings. The zero-order chi connectivity index (χ0) is 18.1. The standard InChI is InChI=1S/C21H30N4O2/c1-2-16(3-1)25-8-6-17(7-9-25)27-18-4-5-19-20(14-18)23-21(22-19)15-24-10-12-26-13-11-24/h4-5,14,16-17H,1-3,6-13,15H2,(H,22,23). The summed E-state index contributed by atoms with van der Waals surface area (Å²) in [5.74, 6) is 1.99. The largest absolute Gasteiger partial charge is 0.490 e. The number of nitrogens with zero attached hydrogens (tertiary/aromatic N) is 3. The summed E-state index contributed by atoms with van der Waals surface area (Å²) in [7, 11) is 0. The van der Waals surface area contributed by atoms with E-state index in [-0.39, 0.29) is 0 Å². The summed E-state index contributed by atoms with van der Waals surface area (Å²) in [5, 5.41) is 0. The molecule has 0 amide bonds. The van der Waals surface area contributed by atoms with Crippen LogP contribution in [0, 0.1) is 0 Å². The number of nitrogens with one attached hydrogen (secondary N) is 1. The van der Waals surface area contributed by atoms with Crippen LogP contribution >= 0.6 is 0 Å². The molecule has 1 N–H and O–H groups in total. The van der Waals surface area contributed by atoms with Crippen LogP contribution in [0.15, 0.2) is 18.2 Å². The number of aromatic nitrogens is 2. The first-order valence-corrected chi connectivity index (χ1v) is 10.5. The highest BCUT2D eigenvalue weighted by molar-refractivity contribution is 5.76. The van der Waals surface area contributed by atoms with E-state index in [1.54, 1.807) is 0 Å². The molecule has 1 aromatic carbocycles. The number of fused-ring (bicyclic) bond motifs is 1. The number of aromatic amines is 1. The van der Waals surface area contributed by atoms with Crippen LogP contribution in [0.25, 0.3) is 11.0 Å². The van der Waals surface area contributed by atoms with Crippen molar-refractivity contribution in [2.75, 3.05) is 39.4 Å². The second-order valence-corrected chi connectivity index (χ2v) is 8.19. The maximum atomic E-state index is 6.30. The lowest BCUT2D eigenvalue weighted by Gasteiger charge is -2.41. The molecular formula is C21H30N4O2. The van der Waals surface area contributed by atoms with Gasteiger partial charge in [0.1, 0.15) is 17.7 Å². The predicted octanol–water partition coefficient (Wildman–Crippen LogP) is 2.79. The molecule has 2 aliphatic heterocycles. The first-order valence-electron chi connectivity index (χ1n) is 10.5. The average molecular weight is 370 g/mol. The Bertz CT molecular complexity index is 759. The predicted molar refractivity (Wildman–Crippen MR) is 105 cm³/mol. The second-order valence-electron chi connectivity index (χ2n) is 8.19. The van der Waals surface area contributed by atoms with E-state index in [9.17, 15) is 0 Å². The lowest BCUT2D eigenvalue weighted by atomic mass is 9.90. The van der Waals surface area contributed by atoms with Gasteiger partial charge in [-0.15, -0.1) is 0 Å². The lowest BCUT2D eigenvalue weighted by Crippen LogP contribution is -2.46. The highest BCUT2D eigenvalue weighted by atomic mass is 16.5. The van der Waals surface area contributed by atoms with E-state index in [4.69, 9.17) is 14.5 Å². The van der Waals surface area contributed by atoms with Crippen LogP contribution in [0.5, 0.6) is 5.75 Å². The quantitative estimate of drug-likeness (QED) is 0.877. The summed E-state index contributed by atoms with van der Waals surface area (Å²) < 4.78 is 11.7. The highest BCUT2D eigenvalue weighted by Gasteiger charge is 2.29. The Hall–Kier alpha value is -1.63. The average Bonchev–Trinajstić information content (AvgIpc) is 3.04. The number of H-pyrrole nitrogens is 1. The second kappa shape index (κ2) is 7.78. The van der Waals surface area contributed by atoms with Crippen LogP contribution in [0.3, 0.4) is 0 Å². The van der Waals surface area contributed by atoms with E-state index in [0.717, 1.165) is 74.3 Å². The van der Waals surface area contributed by atoms with Crippen molar-refractivity contribution in [2.24, 2.45) is 0 Å². The minimum atomic E-state index is 0.342. The molecule has 1 saturated carbocycles. The molecule has 3 aliphatic rings. The van der Waals surface area contributed by atoms with E-state index in [1.165, 1.54) is 32.4 Å². The summed E-state index contributed by atoms with van der Waals surface area (Å²) in [6.07, 6.45) is 6.83. The fraction of sp³-hybridized carbons (Fsp3) is 0.667. The molecule has 0 bridgehead atoms. The van der Waals surface area contributed by atoms with Crippen molar-refractivity contribution < 1.29 is 9.47 Å². The summed E-state index contributed by atoms with van der Waals surface area (Å²) in [5.41, 5.74) is 2.09. The molecule has 1 aromatic heterocycles. The van der Waals surface area contributed by atoms with E-state index in [0.29, 0.717) is 6.10 Å². The smallest absolute Gasteiger partial charge is 0.121 e. The van der Waals surface area contributed by atoms with Gasteiger partial charge in [-0.1, -0.05) is 6.42 Å². The molecule has 5 rings (SSSR count). The van der Waals surface area contributed by atoms with Crippen LogP contribution in [-0.2, 0) is 11.3 Å². The van der Waals surface area contributed by atoms with Crippen molar-refractivity contribution >= 4 is 11.0 Å². The van der Waals surface area contributed by atoms with Gasteiger partial charge >= 0.3 is 0 Å². The van der Waals surface area contributed by atoms with Crippen LogP contribution in [0.2, 0.25) is 0 Å². The Kier molecular flexibility index (Phi) is 5.03. The van der Waals surface area contributed by atoms with Gasteiger partial charge in [-0.3, -0.25) is 4.90 Å². The van der Waals surface area contributed by atoms with Gasteiger partial charge in [0, 0.05) is 38.3 Å². The molecule has 1 aliphatic carbocycles. The van der Waals surface area contributed by atoms with Gasteiger partial charge in [0.25, 0.3) is 0 Å². The third-order valence-electron chi connectivity index (χ3n) is 6.35. The number of benzene rings is 1. The number of rotatable bonds is 5. The SMILES string of the molecule is c1cc2nc(CN3CCOCC3)[nH]c2cc1OC1CCN(C2CCC2)CC1. The van der Waals surface area contributed by atoms with E-state index >= 15 is 0 Å². The van der Waals surface area contributed by atoms with Gasteiger partial charge in [0.15, 0.2) is 0 Å². The van der Waals surface area contributed by atoms with Gasteiger partial charge in [-0.2, -0.15) is 0 Å². The molecule has 27 heavy (non-hydrogen) atoms. The number of ether oxygens (including phenoxy) is 2. The van der Waals surface area contributed by atoms with Crippen LogP contribution in [0.4, 0.5) is 0 Å². The number of likely N-dealkylation sites (tertiary alicyclic amines) is 1. The Balaban J connectivity index is 1.19. The number of morpholine rings is 1. The van der Waals surface area contributed by atoms with Gasteiger partial charge in [0.05, 0.1) is 30.8 Å². The first kappa shape index (κ1) is 17.5. The third kappa shape index (κ3) is 3.98. The zero-order valence-electron chi connectivity index (χ0n) is 16.0. The van der Waals surface area contributed by atoms with E-state index in [1.807, 2.05) is 0 Å². The van der Waals surface area contributed by atoms with Gasteiger partial charge < -0.3 is 19.4 Å². The molecule has 0 unspecified atom stereocenters. The van der Waals surface area contributed by atoms with Crippen molar-refractivity contribution in [2.45, 2.75) is 50.8 Å². The monoisotopic (exact) mass is 370 g/mol. The van der Waals surface area contributed by atoms with E-state index < -0.39 is 0 Å². The van der Waals surface area contributed by atoms with Gasteiger partial charge in [-0.25, -0.2) is 4.98 Å². The summed E-state index contributed by atoms with van der Waals surface area (Å²) in [6, 6.07) is 7.12. The molecule has 0 radical (unpaired) electrons. The van der Waals surface area contributed by atoms with Crippen molar-refractivity contribution in [1.82, 2.24) is 19.8 Å². The molecule has 6 heteroatoms. The molecule has 2 aromatic rings. The third-order valence-corrected chi connectivity index (χ3v) is 6.35. The summed E-state index contributed by atoms with van der Waals surface area (Å²) >= 11 is 0. The zero-order valence-corrected chi connectivity index (χ0v) is 16.0. The lowest BCUT2D eigenvalue weighted by molar-refractivity contribution is 0.0332. The number of hydrogen-bond donors (Lipinski definition) is 1. The summed E-state index contributed by atoms with van der Waals surface area (Å²) in [4.78, 5) is 13.3. The van der Waals surface area contributed by atoms with Crippen LogP contribution in [-0.4, -0.2) is 71.3 Å². The van der Waals surface area contributed by atoms with Crippen molar-refractivity contribution in [3.63, 3.8) is 0 Å². The molecule has 146 valence electrons. The summed E-state index contributed by atoms with van der Waals surface area (Å²) in [6.45, 7) is 6.82. The molecule has 3 heterocycles. The fourth-order valence-electron chi connectivity index (χ4n) is 4.46. The number of hydrogen-bond acceptors (Lipinski definition) is 5. The normalized spacial score (nSPS) is 23.6. The van der Waals surface area contributed by atoms with Crippen LogP contribution < -0.4 is 4.74 Å². The number of piperidine rings is 1. The molecule has 0 spiro atoms. The Morgan fingerprint density at radius 1 is 1.07 bits per heavy atom. The van der Waals surface area contributed by atoms with Crippen LogP contribution in [0.1, 0.15) is 37.9 Å². The Morgan fingerprint density at radius 3 is 2.63 bits per heavy atom. The van der Waals surface area contributed by atoms with Crippen molar-refractivity contribution in [3.8, 4) is 5.75 Å². The Labute approximate surface area is 160 Å². The molecular weight excluding hydrogens is 340 g/mol. The maximum absolute atomic E-state index is 6.30. The molecule has 6 nitrogen and oxygen atoms in total. The van der Waals surface area contributed by atoms with Gasteiger partial charge in [-0.05, 0) is 37.8 Å². The Morgan fingerprint density at radius 2 is 1.89 bits per heavy atom. The molecule has 2 saturated heterocycles. The molecule has 0 atom stereocenters. The minimum absolute atomic E-state index is 0.342. The van der Waals surface area contributed by atoms with Gasteiger partial charge in [0.2, 0.25) is 0 Å². The highest BCUT2D eigenvalue weighted by Crippen LogP contribution is 2.29. The maximum Gasteiger partial charge on any atom is 0.121 e. The van der Waals surface area contributed by atoms with Crippen molar-refractivity contribution in [1.29, 1.82) is 0 Å². The van der Waals surface area contributed by atoms with E-state index in [2.05, 4.69) is 33.0 Å². The minimum Gasteiger partial charge on any atom is -0.490 e. The first-order chi connectivity index (χ1) is 13.3.